The van der Waals surface area contributed by atoms with Crippen molar-refractivity contribution in [2.75, 3.05) is 6.61 Å². The minimum atomic E-state index is -1.10. The summed E-state index contributed by atoms with van der Waals surface area (Å²) in [7, 11) is 0. The van der Waals surface area contributed by atoms with Gasteiger partial charge in [-0.2, -0.15) is 0 Å². The Morgan fingerprint density at radius 2 is 1.90 bits per heavy atom. The second kappa shape index (κ2) is 4.82. The third-order valence-corrected chi connectivity index (χ3v) is 3.98. The number of hydrogen-bond donors (Lipinski definition) is 3. The maximum atomic E-state index is 10.1. The number of aryl methyl sites for hydroxylation is 2. The minimum Gasteiger partial charge on any atom is -0.394 e. The van der Waals surface area contributed by atoms with E-state index in [1.165, 1.54) is 0 Å². The van der Waals surface area contributed by atoms with E-state index < -0.39 is 24.5 Å². The van der Waals surface area contributed by atoms with Crippen LogP contribution in [0.25, 0.3) is 11.0 Å². The van der Waals surface area contributed by atoms with E-state index in [0.717, 1.165) is 22.2 Å². The minimum absolute atomic E-state index is 0.334. The summed E-state index contributed by atoms with van der Waals surface area (Å²) in [6, 6.07) is 3.95. The molecule has 1 fully saturated rings. The number of aliphatic hydroxyl groups is 3. The van der Waals surface area contributed by atoms with Gasteiger partial charge >= 0.3 is 0 Å². The predicted octanol–water partition coefficient (Wildman–Crippen LogP) is 0.265. The molecule has 20 heavy (non-hydrogen) atoms. The average Bonchev–Trinajstić information content (AvgIpc) is 2.94. The Morgan fingerprint density at radius 3 is 2.55 bits per heavy atom. The maximum absolute atomic E-state index is 10.1. The zero-order chi connectivity index (χ0) is 14.4. The second-order valence-corrected chi connectivity index (χ2v) is 5.31. The molecule has 0 aliphatic carbocycles. The highest BCUT2D eigenvalue weighted by molar-refractivity contribution is 5.77. The molecule has 4 atom stereocenters. The molecule has 1 aliphatic rings. The van der Waals surface area contributed by atoms with Gasteiger partial charge in [-0.25, -0.2) is 4.98 Å². The largest absolute Gasteiger partial charge is 0.394 e. The Kier molecular flexibility index (Phi) is 3.25. The number of aliphatic hydroxyl groups excluding tert-OH is 3. The Labute approximate surface area is 116 Å². The zero-order valence-electron chi connectivity index (χ0n) is 11.4. The monoisotopic (exact) mass is 278 g/mol. The molecule has 0 amide bonds. The lowest BCUT2D eigenvalue weighted by atomic mass is 10.1. The van der Waals surface area contributed by atoms with Crippen LogP contribution in [0.3, 0.4) is 0 Å². The molecule has 2 heterocycles. The highest BCUT2D eigenvalue weighted by Crippen LogP contribution is 2.32. The Morgan fingerprint density at radius 1 is 1.20 bits per heavy atom. The van der Waals surface area contributed by atoms with Crippen molar-refractivity contribution in [2.45, 2.75) is 38.4 Å². The van der Waals surface area contributed by atoms with Crippen LogP contribution in [0.5, 0.6) is 0 Å². The lowest BCUT2D eigenvalue weighted by Crippen LogP contribution is -2.33. The van der Waals surface area contributed by atoms with Gasteiger partial charge in [-0.05, 0) is 37.1 Å². The number of hydrogen-bond acceptors (Lipinski definition) is 5. The number of imidazole rings is 1. The number of aromatic nitrogens is 2. The van der Waals surface area contributed by atoms with Crippen molar-refractivity contribution in [3.05, 3.63) is 29.6 Å². The summed E-state index contributed by atoms with van der Waals surface area (Å²) in [6.07, 6.45) is -2.13. The summed E-state index contributed by atoms with van der Waals surface area (Å²) in [5.41, 5.74) is 3.91. The third kappa shape index (κ3) is 1.92. The molecule has 0 spiro atoms. The number of benzene rings is 1. The number of fused-ring (bicyclic) bond motifs is 1. The SMILES string of the molecule is Cc1cc2ncn([C@@H]3O[C@@H](CO)[C@@H](O)[C@@H]3O)c2cc1C. The van der Waals surface area contributed by atoms with Crippen molar-refractivity contribution < 1.29 is 20.1 Å². The molecule has 3 N–H and O–H groups in total. The molecule has 3 rings (SSSR count). The van der Waals surface area contributed by atoms with Gasteiger partial charge in [-0.15, -0.1) is 0 Å². The van der Waals surface area contributed by atoms with Gasteiger partial charge in [0, 0.05) is 0 Å². The molecule has 0 unspecified atom stereocenters. The van der Waals surface area contributed by atoms with E-state index in [9.17, 15) is 10.2 Å². The van der Waals surface area contributed by atoms with E-state index >= 15 is 0 Å². The van der Waals surface area contributed by atoms with Crippen LogP contribution in [0.2, 0.25) is 0 Å². The highest BCUT2D eigenvalue weighted by Gasteiger charge is 2.43. The molecule has 0 bridgehead atoms. The number of rotatable bonds is 2. The van der Waals surface area contributed by atoms with Crippen LogP contribution in [0.15, 0.2) is 18.5 Å². The van der Waals surface area contributed by atoms with Gasteiger partial charge in [0.15, 0.2) is 6.23 Å². The third-order valence-electron chi connectivity index (χ3n) is 3.98. The topological polar surface area (TPSA) is 87.7 Å². The van der Waals surface area contributed by atoms with Gasteiger partial charge in [0.2, 0.25) is 0 Å². The fourth-order valence-corrected chi connectivity index (χ4v) is 2.60. The van der Waals surface area contributed by atoms with Crippen LogP contribution < -0.4 is 0 Å². The zero-order valence-corrected chi connectivity index (χ0v) is 11.4. The predicted molar refractivity (Wildman–Crippen MR) is 72.2 cm³/mol. The summed E-state index contributed by atoms with van der Waals surface area (Å²) in [5, 5.41) is 29.1. The standard InChI is InChI=1S/C14H18N2O4/c1-7-3-9-10(4-8(7)2)16(6-15-9)14-13(19)12(18)11(5-17)20-14/h3-4,6,11-14,17-19H,5H2,1-2H3/t11-,12+,13-,14+/m0/s1. The smallest absolute Gasteiger partial charge is 0.164 e. The molecule has 1 aromatic carbocycles. The van der Waals surface area contributed by atoms with Crippen molar-refractivity contribution in [1.82, 2.24) is 9.55 Å². The molecule has 0 saturated carbocycles. The van der Waals surface area contributed by atoms with Crippen molar-refractivity contribution >= 4 is 11.0 Å². The molecular weight excluding hydrogens is 260 g/mol. The van der Waals surface area contributed by atoms with Crippen molar-refractivity contribution in [3.8, 4) is 0 Å². The van der Waals surface area contributed by atoms with Gasteiger partial charge in [-0.3, -0.25) is 0 Å². The first-order valence-electron chi connectivity index (χ1n) is 6.59. The Balaban J connectivity index is 2.05. The summed E-state index contributed by atoms with van der Waals surface area (Å²) in [5.74, 6) is 0. The van der Waals surface area contributed by atoms with Crippen LogP contribution in [0.1, 0.15) is 17.4 Å². The molecular formula is C14H18N2O4. The van der Waals surface area contributed by atoms with E-state index in [1.54, 1.807) is 10.9 Å². The van der Waals surface area contributed by atoms with Crippen LogP contribution in [-0.2, 0) is 4.74 Å². The van der Waals surface area contributed by atoms with Crippen molar-refractivity contribution in [1.29, 1.82) is 0 Å². The number of nitrogens with zero attached hydrogens (tertiary/aromatic N) is 2. The molecule has 1 aromatic heterocycles. The molecule has 6 heteroatoms. The van der Waals surface area contributed by atoms with Crippen LogP contribution in [-0.4, -0.2) is 49.8 Å². The van der Waals surface area contributed by atoms with E-state index in [0.29, 0.717) is 0 Å². The molecule has 2 aromatic rings. The average molecular weight is 278 g/mol. The fraction of sp³-hybridized carbons (Fsp3) is 0.500. The number of ether oxygens (including phenoxy) is 1. The summed E-state index contributed by atoms with van der Waals surface area (Å²) in [6.45, 7) is 3.68. The first kappa shape index (κ1) is 13.5. The lowest BCUT2D eigenvalue weighted by Gasteiger charge is -2.17. The maximum Gasteiger partial charge on any atom is 0.164 e. The highest BCUT2D eigenvalue weighted by atomic mass is 16.6. The van der Waals surface area contributed by atoms with Crippen LogP contribution in [0, 0.1) is 13.8 Å². The Bertz CT molecular complexity index is 639. The van der Waals surface area contributed by atoms with Crippen molar-refractivity contribution in [3.63, 3.8) is 0 Å². The van der Waals surface area contributed by atoms with E-state index in [4.69, 9.17) is 9.84 Å². The first-order chi connectivity index (χ1) is 9.52. The van der Waals surface area contributed by atoms with Crippen LogP contribution >= 0.6 is 0 Å². The lowest BCUT2D eigenvalue weighted by molar-refractivity contribution is -0.0508. The normalized spacial score (nSPS) is 30.2. The second-order valence-electron chi connectivity index (χ2n) is 5.31. The molecule has 0 radical (unpaired) electrons. The van der Waals surface area contributed by atoms with Gasteiger partial charge in [0.05, 0.1) is 24.0 Å². The van der Waals surface area contributed by atoms with Gasteiger partial charge in [0.1, 0.15) is 18.3 Å². The van der Waals surface area contributed by atoms with Gasteiger partial charge in [0.25, 0.3) is 0 Å². The van der Waals surface area contributed by atoms with E-state index in [2.05, 4.69) is 4.98 Å². The van der Waals surface area contributed by atoms with Gasteiger partial charge in [-0.1, -0.05) is 0 Å². The van der Waals surface area contributed by atoms with Gasteiger partial charge < -0.3 is 24.6 Å². The molecule has 1 aliphatic heterocycles. The van der Waals surface area contributed by atoms with Crippen LogP contribution in [0.4, 0.5) is 0 Å². The quantitative estimate of drug-likeness (QED) is 0.733. The first-order valence-corrected chi connectivity index (χ1v) is 6.59. The van der Waals surface area contributed by atoms with E-state index in [1.807, 2.05) is 26.0 Å². The molecule has 108 valence electrons. The fourth-order valence-electron chi connectivity index (χ4n) is 2.60. The summed E-state index contributed by atoms with van der Waals surface area (Å²) < 4.78 is 7.23. The molecule has 1 saturated heterocycles. The van der Waals surface area contributed by atoms with Crippen molar-refractivity contribution in [2.24, 2.45) is 0 Å². The summed E-state index contributed by atoms with van der Waals surface area (Å²) in [4.78, 5) is 4.30. The molecule has 6 nitrogen and oxygen atoms in total. The Hall–Kier alpha value is -1.47. The van der Waals surface area contributed by atoms with E-state index in [-0.39, 0.29) is 6.61 Å². The summed E-state index contributed by atoms with van der Waals surface area (Å²) >= 11 is 0.